The maximum atomic E-state index is 5.29. The largest absolute Gasteiger partial charge is 0.478 e. The summed E-state index contributed by atoms with van der Waals surface area (Å²) in [5.74, 6) is 0.650. The third-order valence-corrected chi connectivity index (χ3v) is 2.61. The van der Waals surface area contributed by atoms with Crippen LogP contribution in [0.25, 0.3) is 0 Å². The van der Waals surface area contributed by atoms with Crippen molar-refractivity contribution in [3.05, 3.63) is 47.9 Å². The van der Waals surface area contributed by atoms with Crippen molar-refractivity contribution in [3.63, 3.8) is 0 Å². The van der Waals surface area contributed by atoms with Crippen LogP contribution < -0.4 is 10.1 Å². The van der Waals surface area contributed by atoms with Gasteiger partial charge in [-0.1, -0.05) is 6.07 Å². The van der Waals surface area contributed by atoms with E-state index < -0.39 is 0 Å². The molecule has 2 rings (SSSR count). The van der Waals surface area contributed by atoms with Crippen LogP contribution in [0.2, 0.25) is 0 Å². The number of ether oxygens (including phenoxy) is 1. The van der Waals surface area contributed by atoms with Gasteiger partial charge >= 0.3 is 0 Å². The van der Waals surface area contributed by atoms with Gasteiger partial charge in [0.15, 0.2) is 0 Å². The second-order valence-corrected chi connectivity index (χ2v) is 3.94. The Morgan fingerprint density at radius 3 is 2.78 bits per heavy atom. The summed E-state index contributed by atoms with van der Waals surface area (Å²) < 4.78 is 5.29. The maximum absolute atomic E-state index is 5.29. The lowest BCUT2D eigenvalue weighted by molar-refractivity contribution is 0.327. The lowest BCUT2D eigenvalue weighted by Crippen LogP contribution is -2.04. The first kappa shape index (κ1) is 12.4. The van der Waals surface area contributed by atoms with E-state index in [0.717, 1.165) is 11.4 Å². The zero-order chi connectivity index (χ0) is 12.8. The van der Waals surface area contributed by atoms with E-state index in [1.807, 2.05) is 25.1 Å². The maximum Gasteiger partial charge on any atom is 0.213 e. The van der Waals surface area contributed by atoms with E-state index in [-0.39, 0.29) is 0 Å². The zero-order valence-electron chi connectivity index (χ0n) is 10.7. The third kappa shape index (κ3) is 3.20. The van der Waals surface area contributed by atoms with Crippen LogP contribution in [-0.4, -0.2) is 16.6 Å². The lowest BCUT2D eigenvalue weighted by Gasteiger charge is -2.08. The summed E-state index contributed by atoms with van der Waals surface area (Å²) in [6.45, 7) is 5.33. The van der Waals surface area contributed by atoms with Crippen molar-refractivity contribution in [3.8, 4) is 5.88 Å². The molecule has 0 unspecified atom stereocenters. The second kappa shape index (κ2) is 6.00. The summed E-state index contributed by atoms with van der Waals surface area (Å²) >= 11 is 0. The van der Waals surface area contributed by atoms with Gasteiger partial charge in [0, 0.05) is 12.3 Å². The Kier molecular flexibility index (Phi) is 4.12. The molecule has 0 saturated carbocycles. The first-order valence-electron chi connectivity index (χ1n) is 6.03. The number of nitrogens with one attached hydrogen (secondary N) is 1. The normalized spacial score (nSPS) is 10.1. The van der Waals surface area contributed by atoms with Crippen molar-refractivity contribution in [2.75, 3.05) is 11.9 Å². The molecule has 0 aromatic carbocycles. The summed E-state index contributed by atoms with van der Waals surface area (Å²) in [6, 6.07) is 7.81. The fourth-order valence-corrected chi connectivity index (χ4v) is 1.61. The summed E-state index contributed by atoms with van der Waals surface area (Å²) in [5, 5.41) is 3.29. The van der Waals surface area contributed by atoms with Gasteiger partial charge in [0.05, 0.1) is 30.7 Å². The van der Waals surface area contributed by atoms with Crippen molar-refractivity contribution in [2.24, 2.45) is 0 Å². The first-order valence-corrected chi connectivity index (χ1v) is 6.03. The molecule has 94 valence electrons. The molecular formula is C14H17N3O. The minimum atomic E-state index is 0.632. The van der Waals surface area contributed by atoms with Gasteiger partial charge in [-0.3, -0.25) is 4.98 Å². The molecule has 1 N–H and O–H groups in total. The van der Waals surface area contributed by atoms with Gasteiger partial charge in [-0.25, -0.2) is 4.98 Å². The molecule has 0 spiro atoms. The van der Waals surface area contributed by atoms with Crippen LogP contribution in [-0.2, 0) is 6.54 Å². The number of anilines is 1. The van der Waals surface area contributed by atoms with E-state index in [2.05, 4.69) is 28.3 Å². The number of hydrogen-bond acceptors (Lipinski definition) is 4. The minimum Gasteiger partial charge on any atom is -0.478 e. The summed E-state index contributed by atoms with van der Waals surface area (Å²) in [4.78, 5) is 8.53. The molecule has 0 aliphatic rings. The van der Waals surface area contributed by atoms with Crippen LogP contribution >= 0.6 is 0 Å². The molecular weight excluding hydrogens is 226 g/mol. The van der Waals surface area contributed by atoms with Crippen LogP contribution in [0.4, 0.5) is 5.69 Å². The highest BCUT2D eigenvalue weighted by Crippen LogP contribution is 2.13. The molecule has 0 bridgehead atoms. The molecule has 0 atom stereocenters. The van der Waals surface area contributed by atoms with E-state index in [4.69, 9.17) is 4.74 Å². The van der Waals surface area contributed by atoms with E-state index in [1.165, 1.54) is 5.56 Å². The zero-order valence-corrected chi connectivity index (χ0v) is 10.7. The molecule has 4 nitrogen and oxygen atoms in total. The highest BCUT2D eigenvalue weighted by molar-refractivity contribution is 5.42. The fraction of sp³-hybridized carbons (Fsp3) is 0.286. The van der Waals surface area contributed by atoms with Crippen molar-refractivity contribution in [1.82, 2.24) is 9.97 Å². The van der Waals surface area contributed by atoms with Gasteiger partial charge in [-0.05, 0) is 31.5 Å². The van der Waals surface area contributed by atoms with E-state index >= 15 is 0 Å². The first-order chi connectivity index (χ1) is 8.79. The molecule has 0 amide bonds. The third-order valence-electron chi connectivity index (χ3n) is 2.61. The van der Waals surface area contributed by atoms with Gasteiger partial charge in [0.25, 0.3) is 0 Å². The Hall–Kier alpha value is -2.10. The van der Waals surface area contributed by atoms with Crippen molar-refractivity contribution >= 4 is 5.69 Å². The number of aryl methyl sites for hydroxylation is 1. The average Bonchev–Trinajstić information content (AvgIpc) is 2.40. The Bertz CT molecular complexity index is 497. The summed E-state index contributed by atoms with van der Waals surface area (Å²) in [5.41, 5.74) is 3.19. The molecule has 4 heteroatoms. The van der Waals surface area contributed by atoms with Gasteiger partial charge in [0.1, 0.15) is 0 Å². The fourth-order valence-electron chi connectivity index (χ4n) is 1.61. The SMILES string of the molecule is CCOc1ccc(NCc2ncccc2C)cn1. The topological polar surface area (TPSA) is 47.0 Å². The molecule has 2 aromatic heterocycles. The monoisotopic (exact) mass is 243 g/mol. The summed E-state index contributed by atoms with van der Waals surface area (Å²) in [6.07, 6.45) is 3.57. The molecule has 18 heavy (non-hydrogen) atoms. The van der Waals surface area contributed by atoms with Crippen LogP contribution in [0.5, 0.6) is 5.88 Å². The molecule has 2 aromatic rings. The Balaban J connectivity index is 1.96. The van der Waals surface area contributed by atoms with Gasteiger partial charge < -0.3 is 10.1 Å². The lowest BCUT2D eigenvalue weighted by atomic mass is 10.2. The van der Waals surface area contributed by atoms with E-state index in [9.17, 15) is 0 Å². The number of pyridine rings is 2. The Morgan fingerprint density at radius 2 is 2.11 bits per heavy atom. The number of nitrogens with zero attached hydrogens (tertiary/aromatic N) is 2. The molecule has 0 radical (unpaired) electrons. The highest BCUT2D eigenvalue weighted by atomic mass is 16.5. The molecule has 0 aliphatic carbocycles. The predicted octanol–water partition coefficient (Wildman–Crippen LogP) is 2.80. The molecule has 2 heterocycles. The number of aromatic nitrogens is 2. The number of hydrogen-bond donors (Lipinski definition) is 1. The quantitative estimate of drug-likeness (QED) is 0.877. The highest BCUT2D eigenvalue weighted by Gasteiger charge is 1.99. The number of rotatable bonds is 5. The van der Waals surface area contributed by atoms with Crippen LogP contribution in [0.3, 0.4) is 0 Å². The minimum absolute atomic E-state index is 0.632. The Morgan fingerprint density at radius 1 is 1.22 bits per heavy atom. The van der Waals surface area contributed by atoms with Crippen molar-refractivity contribution in [2.45, 2.75) is 20.4 Å². The smallest absolute Gasteiger partial charge is 0.213 e. The van der Waals surface area contributed by atoms with E-state index in [1.54, 1.807) is 12.4 Å². The molecule has 0 aliphatic heterocycles. The van der Waals surface area contributed by atoms with Gasteiger partial charge in [-0.2, -0.15) is 0 Å². The molecule has 0 saturated heterocycles. The average molecular weight is 243 g/mol. The van der Waals surface area contributed by atoms with Crippen LogP contribution in [0, 0.1) is 6.92 Å². The predicted molar refractivity (Wildman–Crippen MR) is 71.7 cm³/mol. The van der Waals surface area contributed by atoms with Crippen molar-refractivity contribution < 1.29 is 4.74 Å². The van der Waals surface area contributed by atoms with Crippen LogP contribution in [0.1, 0.15) is 18.2 Å². The second-order valence-electron chi connectivity index (χ2n) is 3.94. The molecule has 0 fully saturated rings. The summed E-state index contributed by atoms with van der Waals surface area (Å²) in [7, 11) is 0. The van der Waals surface area contributed by atoms with Gasteiger partial charge in [0.2, 0.25) is 5.88 Å². The van der Waals surface area contributed by atoms with Crippen LogP contribution in [0.15, 0.2) is 36.7 Å². The van der Waals surface area contributed by atoms with Gasteiger partial charge in [-0.15, -0.1) is 0 Å². The standard InChI is InChI=1S/C14H17N3O/c1-3-18-14-7-6-12(9-17-14)16-10-13-11(2)5-4-8-15-13/h4-9,16H,3,10H2,1-2H3. The van der Waals surface area contributed by atoms with Crippen molar-refractivity contribution in [1.29, 1.82) is 0 Å². The Labute approximate surface area is 107 Å². The van der Waals surface area contributed by atoms with E-state index in [0.29, 0.717) is 19.0 Å².